The second kappa shape index (κ2) is 9.60. The van der Waals surface area contributed by atoms with Gasteiger partial charge in [0.25, 0.3) is 0 Å². The molecule has 148 valence electrons. The van der Waals surface area contributed by atoms with Gasteiger partial charge in [-0.05, 0) is 56.9 Å². The lowest BCUT2D eigenvalue weighted by atomic mass is 10.1. The number of carbonyl (C=O) groups is 2. The van der Waals surface area contributed by atoms with Gasteiger partial charge in [-0.25, -0.2) is 4.79 Å². The molecule has 2 amide bonds. The smallest absolute Gasteiger partial charge is 0.409 e. The van der Waals surface area contributed by atoms with Crippen molar-refractivity contribution in [2.45, 2.75) is 38.6 Å². The van der Waals surface area contributed by atoms with Crippen LogP contribution >= 0.6 is 0 Å². The van der Waals surface area contributed by atoms with Gasteiger partial charge in [0.15, 0.2) is 0 Å². The van der Waals surface area contributed by atoms with E-state index in [4.69, 9.17) is 4.74 Å². The number of likely N-dealkylation sites (tertiary alicyclic amines) is 1. The predicted molar refractivity (Wildman–Crippen MR) is 106 cm³/mol. The minimum Gasteiger partial charge on any atom is -0.450 e. The Hall–Kier alpha value is -2.28. The molecule has 1 aromatic carbocycles. The molecule has 7 heteroatoms. The van der Waals surface area contributed by atoms with Gasteiger partial charge in [-0.1, -0.05) is 0 Å². The van der Waals surface area contributed by atoms with Crippen LogP contribution in [0.1, 0.15) is 32.6 Å². The molecule has 0 spiro atoms. The highest BCUT2D eigenvalue weighted by Gasteiger charge is 2.23. The number of carbonyl (C=O) groups excluding carboxylic acids is 2. The van der Waals surface area contributed by atoms with Crippen molar-refractivity contribution in [3.63, 3.8) is 0 Å². The fourth-order valence-corrected chi connectivity index (χ4v) is 3.65. The van der Waals surface area contributed by atoms with E-state index < -0.39 is 0 Å². The van der Waals surface area contributed by atoms with Crippen LogP contribution in [0.5, 0.6) is 0 Å². The van der Waals surface area contributed by atoms with Crippen molar-refractivity contribution < 1.29 is 14.3 Å². The summed E-state index contributed by atoms with van der Waals surface area (Å²) in [6, 6.07) is 8.31. The van der Waals surface area contributed by atoms with Crippen LogP contribution in [0.2, 0.25) is 0 Å². The Morgan fingerprint density at radius 1 is 1.07 bits per heavy atom. The first-order chi connectivity index (χ1) is 13.2. The number of benzene rings is 1. The number of piperidine rings is 1. The predicted octanol–water partition coefficient (Wildman–Crippen LogP) is 2.44. The maximum Gasteiger partial charge on any atom is 0.409 e. The van der Waals surface area contributed by atoms with Gasteiger partial charge in [-0.3, -0.25) is 4.79 Å². The lowest BCUT2D eigenvalue weighted by Crippen LogP contribution is -2.46. The van der Waals surface area contributed by atoms with E-state index in [0.717, 1.165) is 31.6 Å². The van der Waals surface area contributed by atoms with Crippen molar-refractivity contribution in [3.05, 3.63) is 24.3 Å². The summed E-state index contributed by atoms with van der Waals surface area (Å²) in [6.45, 7) is 6.04. The fourth-order valence-electron chi connectivity index (χ4n) is 3.65. The molecule has 3 rings (SSSR count). The number of amides is 2. The van der Waals surface area contributed by atoms with Gasteiger partial charge in [0.05, 0.1) is 13.2 Å². The molecule has 0 unspecified atom stereocenters. The topological polar surface area (TPSA) is 73.9 Å². The van der Waals surface area contributed by atoms with Gasteiger partial charge in [0.1, 0.15) is 0 Å². The number of hydrogen-bond acceptors (Lipinski definition) is 5. The zero-order valence-electron chi connectivity index (χ0n) is 16.1. The van der Waals surface area contributed by atoms with Gasteiger partial charge in [0, 0.05) is 43.6 Å². The summed E-state index contributed by atoms with van der Waals surface area (Å²) in [6.07, 6.45) is 3.92. The molecule has 7 nitrogen and oxygen atoms in total. The molecular formula is C20H30N4O3. The molecular weight excluding hydrogens is 344 g/mol. The molecule has 2 N–H and O–H groups in total. The van der Waals surface area contributed by atoms with Crippen LogP contribution in [-0.2, 0) is 9.53 Å². The quantitative estimate of drug-likeness (QED) is 0.800. The third-order valence-electron chi connectivity index (χ3n) is 5.19. The van der Waals surface area contributed by atoms with E-state index in [1.165, 1.54) is 18.5 Å². The summed E-state index contributed by atoms with van der Waals surface area (Å²) in [5.41, 5.74) is 2.04. The second-order valence-electron chi connectivity index (χ2n) is 7.13. The molecule has 0 radical (unpaired) electrons. The minimum atomic E-state index is -0.244. The highest BCUT2D eigenvalue weighted by atomic mass is 16.6. The molecule has 1 aromatic rings. The molecule has 2 saturated heterocycles. The number of ether oxygens (including phenoxy) is 1. The molecule has 0 saturated carbocycles. The Labute approximate surface area is 161 Å². The second-order valence-corrected chi connectivity index (χ2v) is 7.13. The largest absolute Gasteiger partial charge is 0.450 e. The van der Waals surface area contributed by atoms with E-state index >= 15 is 0 Å². The normalized spacial score (nSPS) is 17.8. The summed E-state index contributed by atoms with van der Waals surface area (Å²) in [5.74, 6) is -0.0447. The highest BCUT2D eigenvalue weighted by Crippen LogP contribution is 2.22. The monoisotopic (exact) mass is 374 g/mol. The fraction of sp³-hybridized carbons (Fsp3) is 0.600. The van der Waals surface area contributed by atoms with Gasteiger partial charge < -0.3 is 25.2 Å². The summed E-state index contributed by atoms with van der Waals surface area (Å²) in [5, 5.41) is 6.23. The SMILES string of the molecule is CCOC(=O)N1CCC(NCC(=O)Nc2ccc(N3CCCC3)cc2)CC1. The number of nitrogens with one attached hydrogen (secondary N) is 2. The van der Waals surface area contributed by atoms with Crippen molar-refractivity contribution in [2.24, 2.45) is 0 Å². The summed E-state index contributed by atoms with van der Waals surface area (Å²) < 4.78 is 5.02. The lowest BCUT2D eigenvalue weighted by molar-refractivity contribution is -0.115. The van der Waals surface area contributed by atoms with E-state index in [2.05, 4.69) is 27.7 Å². The van der Waals surface area contributed by atoms with E-state index in [-0.39, 0.29) is 24.6 Å². The number of hydrogen-bond donors (Lipinski definition) is 2. The zero-order chi connectivity index (χ0) is 19.1. The maximum absolute atomic E-state index is 12.2. The third-order valence-corrected chi connectivity index (χ3v) is 5.19. The van der Waals surface area contributed by atoms with Crippen molar-refractivity contribution >= 4 is 23.4 Å². The number of nitrogens with zero attached hydrogens (tertiary/aromatic N) is 2. The van der Waals surface area contributed by atoms with Gasteiger partial charge in [0.2, 0.25) is 5.91 Å². The lowest BCUT2D eigenvalue weighted by Gasteiger charge is -2.31. The molecule has 0 atom stereocenters. The molecule has 2 fully saturated rings. The zero-order valence-corrected chi connectivity index (χ0v) is 16.1. The Morgan fingerprint density at radius 2 is 1.74 bits per heavy atom. The molecule has 0 aliphatic carbocycles. The summed E-state index contributed by atoms with van der Waals surface area (Å²) >= 11 is 0. The van der Waals surface area contributed by atoms with E-state index in [0.29, 0.717) is 19.7 Å². The average Bonchev–Trinajstić information content (AvgIpc) is 3.22. The summed E-state index contributed by atoms with van der Waals surface area (Å²) in [7, 11) is 0. The van der Waals surface area contributed by atoms with Crippen LogP contribution in [0.25, 0.3) is 0 Å². The Kier molecular flexibility index (Phi) is 6.92. The van der Waals surface area contributed by atoms with Crippen molar-refractivity contribution in [1.82, 2.24) is 10.2 Å². The van der Waals surface area contributed by atoms with Crippen molar-refractivity contribution in [2.75, 3.05) is 49.5 Å². The first kappa shape index (κ1) is 19.5. The molecule has 27 heavy (non-hydrogen) atoms. The molecule has 0 aromatic heterocycles. The van der Waals surface area contributed by atoms with E-state index in [1.54, 1.807) is 4.90 Å². The van der Waals surface area contributed by atoms with E-state index in [9.17, 15) is 9.59 Å². The van der Waals surface area contributed by atoms with Gasteiger partial charge in [-0.2, -0.15) is 0 Å². The van der Waals surface area contributed by atoms with Crippen LogP contribution in [0.4, 0.5) is 16.2 Å². The Balaban J connectivity index is 1.37. The van der Waals surface area contributed by atoms with Crippen LogP contribution in [0.15, 0.2) is 24.3 Å². The van der Waals surface area contributed by atoms with Crippen LogP contribution < -0.4 is 15.5 Å². The highest BCUT2D eigenvalue weighted by molar-refractivity contribution is 5.92. The molecule has 2 aliphatic rings. The van der Waals surface area contributed by atoms with Crippen LogP contribution in [-0.4, -0.2) is 62.3 Å². The first-order valence-electron chi connectivity index (χ1n) is 9.95. The Morgan fingerprint density at radius 3 is 2.37 bits per heavy atom. The Bertz CT molecular complexity index is 621. The third kappa shape index (κ3) is 5.60. The molecule has 2 heterocycles. The first-order valence-corrected chi connectivity index (χ1v) is 9.95. The van der Waals surface area contributed by atoms with Gasteiger partial charge in [-0.15, -0.1) is 0 Å². The number of anilines is 2. The van der Waals surface area contributed by atoms with Gasteiger partial charge >= 0.3 is 6.09 Å². The van der Waals surface area contributed by atoms with Crippen LogP contribution in [0.3, 0.4) is 0 Å². The number of rotatable bonds is 6. The maximum atomic E-state index is 12.2. The molecule has 2 aliphatic heterocycles. The molecule has 0 bridgehead atoms. The van der Waals surface area contributed by atoms with Crippen LogP contribution in [0, 0.1) is 0 Å². The minimum absolute atomic E-state index is 0.0447. The van der Waals surface area contributed by atoms with Crippen molar-refractivity contribution in [3.8, 4) is 0 Å². The van der Waals surface area contributed by atoms with E-state index in [1.807, 2.05) is 19.1 Å². The van der Waals surface area contributed by atoms with Crippen molar-refractivity contribution in [1.29, 1.82) is 0 Å². The summed E-state index contributed by atoms with van der Waals surface area (Å²) in [4.78, 5) is 28.0. The average molecular weight is 374 g/mol. The standard InChI is InChI=1S/C20H30N4O3/c1-2-27-20(26)24-13-9-16(10-14-24)21-15-19(25)22-17-5-7-18(8-6-17)23-11-3-4-12-23/h5-8,16,21H,2-4,9-15H2,1H3,(H,22,25).